The van der Waals surface area contributed by atoms with Gasteiger partial charge in [0.25, 0.3) is 5.91 Å². The van der Waals surface area contributed by atoms with Crippen LogP contribution in [0.5, 0.6) is 0 Å². The minimum absolute atomic E-state index is 0.0920. The SMILES string of the molecule is CCNc1c(F)cc(C(=O)N(C)C(C)(C)CO)cc1F. The molecule has 0 saturated heterocycles. The maximum absolute atomic E-state index is 13.8. The van der Waals surface area contributed by atoms with E-state index >= 15 is 0 Å². The molecule has 1 amide bonds. The molecule has 0 saturated carbocycles. The van der Waals surface area contributed by atoms with Crippen LogP contribution in [-0.2, 0) is 0 Å². The van der Waals surface area contributed by atoms with Crippen molar-refractivity contribution in [2.45, 2.75) is 26.3 Å². The first-order valence-corrected chi connectivity index (χ1v) is 6.36. The van der Waals surface area contributed by atoms with Gasteiger partial charge in [-0.2, -0.15) is 0 Å². The Kier molecular flexibility index (Phi) is 5.05. The third-order valence-electron chi connectivity index (χ3n) is 3.24. The first-order chi connectivity index (χ1) is 9.24. The van der Waals surface area contributed by atoms with Gasteiger partial charge in [0.1, 0.15) is 17.3 Å². The van der Waals surface area contributed by atoms with Gasteiger partial charge in [0.15, 0.2) is 0 Å². The predicted molar refractivity (Wildman–Crippen MR) is 73.8 cm³/mol. The van der Waals surface area contributed by atoms with Gasteiger partial charge >= 0.3 is 0 Å². The van der Waals surface area contributed by atoms with Gasteiger partial charge in [-0.15, -0.1) is 0 Å². The standard InChI is InChI=1S/C14H20F2N2O2/c1-5-17-12-10(15)6-9(7-11(12)16)13(20)18(4)14(2,3)8-19/h6-7,17,19H,5,8H2,1-4H3. The Morgan fingerprint density at radius 1 is 1.35 bits per heavy atom. The van der Waals surface area contributed by atoms with Crippen LogP contribution in [0.2, 0.25) is 0 Å². The Bertz CT molecular complexity index is 481. The van der Waals surface area contributed by atoms with Gasteiger partial charge in [-0.3, -0.25) is 4.79 Å². The minimum Gasteiger partial charge on any atom is -0.394 e. The number of nitrogens with zero attached hydrogens (tertiary/aromatic N) is 1. The van der Waals surface area contributed by atoms with E-state index in [1.165, 1.54) is 11.9 Å². The molecular formula is C14H20F2N2O2. The summed E-state index contributed by atoms with van der Waals surface area (Å²) in [4.78, 5) is 13.4. The zero-order valence-electron chi connectivity index (χ0n) is 12.1. The molecule has 4 nitrogen and oxygen atoms in total. The smallest absolute Gasteiger partial charge is 0.254 e. The molecule has 0 aliphatic carbocycles. The monoisotopic (exact) mass is 286 g/mol. The molecule has 0 aliphatic heterocycles. The van der Waals surface area contributed by atoms with E-state index in [-0.39, 0.29) is 17.9 Å². The number of aliphatic hydroxyl groups is 1. The molecule has 0 unspecified atom stereocenters. The molecular weight excluding hydrogens is 266 g/mol. The molecule has 6 heteroatoms. The van der Waals surface area contributed by atoms with Gasteiger partial charge in [-0.25, -0.2) is 8.78 Å². The zero-order chi connectivity index (χ0) is 15.5. The molecule has 0 radical (unpaired) electrons. The first kappa shape index (κ1) is 16.4. The van der Waals surface area contributed by atoms with Crippen LogP contribution in [0.4, 0.5) is 14.5 Å². The van der Waals surface area contributed by atoms with E-state index in [1.54, 1.807) is 20.8 Å². The summed E-state index contributed by atoms with van der Waals surface area (Å²) in [5.74, 6) is -2.18. The van der Waals surface area contributed by atoms with E-state index in [1.807, 2.05) is 0 Å². The van der Waals surface area contributed by atoms with Crippen molar-refractivity contribution in [1.29, 1.82) is 0 Å². The molecule has 1 aromatic rings. The summed E-state index contributed by atoms with van der Waals surface area (Å²) in [6.45, 7) is 5.15. The van der Waals surface area contributed by atoms with E-state index in [0.717, 1.165) is 12.1 Å². The normalized spacial score (nSPS) is 11.3. The van der Waals surface area contributed by atoms with Crippen molar-refractivity contribution < 1.29 is 18.7 Å². The van der Waals surface area contributed by atoms with Gasteiger partial charge in [-0.1, -0.05) is 0 Å². The quantitative estimate of drug-likeness (QED) is 0.873. The number of anilines is 1. The van der Waals surface area contributed by atoms with Crippen LogP contribution >= 0.6 is 0 Å². The summed E-state index contributed by atoms with van der Waals surface area (Å²) in [5, 5.41) is 11.8. The molecule has 0 heterocycles. The summed E-state index contributed by atoms with van der Waals surface area (Å²) in [6, 6.07) is 1.99. The van der Waals surface area contributed by atoms with Crippen molar-refractivity contribution in [3.63, 3.8) is 0 Å². The topological polar surface area (TPSA) is 52.6 Å². The summed E-state index contributed by atoms with van der Waals surface area (Å²) in [7, 11) is 1.48. The lowest BCUT2D eigenvalue weighted by molar-refractivity contribution is 0.0472. The van der Waals surface area contributed by atoms with Crippen LogP contribution < -0.4 is 5.32 Å². The van der Waals surface area contributed by atoms with E-state index in [4.69, 9.17) is 0 Å². The van der Waals surface area contributed by atoms with Crippen LogP contribution in [0.1, 0.15) is 31.1 Å². The number of carbonyl (C=O) groups excluding carboxylic acids is 1. The lowest BCUT2D eigenvalue weighted by atomic mass is 10.0. The lowest BCUT2D eigenvalue weighted by Crippen LogP contribution is -2.47. The number of aliphatic hydroxyl groups excluding tert-OH is 1. The maximum atomic E-state index is 13.8. The lowest BCUT2D eigenvalue weighted by Gasteiger charge is -2.34. The predicted octanol–water partition coefficient (Wildman–Crippen LogP) is 2.24. The fraction of sp³-hybridized carbons (Fsp3) is 0.500. The molecule has 112 valence electrons. The highest BCUT2D eigenvalue weighted by atomic mass is 19.1. The summed E-state index contributed by atoms with van der Waals surface area (Å²) in [6.07, 6.45) is 0. The Balaban J connectivity index is 3.12. The van der Waals surface area contributed by atoms with E-state index in [9.17, 15) is 18.7 Å². The van der Waals surface area contributed by atoms with E-state index in [2.05, 4.69) is 5.32 Å². The van der Waals surface area contributed by atoms with Crippen molar-refractivity contribution in [3.8, 4) is 0 Å². The highest BCUT2D eigenvalue weighted by Gasteiger charge is 2.28. The molecule has 0 fully saturated rings. The highest BCUT2D eigenvalue weighted by molar-refractivity contribution is 5.95. The van der Waals surface area contributed by atoms with Gasteiger partial charge < -0.3 is 15.3 Å². The fourth-order valence-electron chi connectivity index (χ4n) is 1.62. The van der Waals surface area contributed by atoms with Crippen molar-refractivity contribution in [2.24, 2.45) is 0 Å². The Labute approximate surface area is 117 Å². The van der Waals surface area contributed by atoms with Crippen molar-refractivity contribution in [1.82, 2.24) is 4.90 Å². The molecule has 0 spiro atoms. The van der Waals surface area contributed by atoms with Crippen LogP contribution in [0.25, 0.3) is 0 Å². The number of likely N-dealkylation sites (N-methyl/N-ethyl adjacent to an activating group) is 1. The summed E-state index contributed by atoms with van der Waals surface area (Å²) in [5.41, 5.74) is -1.15. The number of benzene rings is 1. The number of nitrogens with one attached hydrogen (secondary N) is 1. The Hall–Kier alpha value is -1.69. The molecule has 0 bridgehead atoms. The molecule has 0 aliphatic rings. The summed E-state index contributed by atoms with van der Waals surface area (Å²) < 4.78 is 27.6. The number of hydrogen-bond acceptors (Lipinski definition) is 3. The van der Waals surface area contributed by atoms with Crippen LogP contribution in [-0.4, -0.2) is 41.7 Å². The minimum atomic E-state index is -0.815. The second-order valence-electron chi connectivity index (χ2n) is 5.18. The van der Waals surface area contributed by atoms with Gasteiger partial charge in [0, 0.05) is 19.2 Å². The number of halogens is 2. The maximum Gasteiger partial charge on any atom is 0.254 e. The van der Waals surface area contributed by atoms with Crippen molar-refractivity contribution in [3.05, 3.63) is 29.3 Å². The van der Waals surface area contributed by atoms with Gasteiger partial charge in [0.05, 0.1) is 12.1 Å². The summed E-state index contributed by atoms with van der Waals surface area (Å²) >= 11 is 0. The van der Waals surface area contributed by atoms with Crippen molar-refractivity contribution in [2.75, 3.05) is 25.5 Å². The Morgan fingerprint density at radius 2 is 1.85 bits per heavy atom. The average molecular weight is 286 g/mol. The first-order valence-electron chi connectivity index (χ1n) is 6.36. The molecule has 1 aromatic carbocycles. The number of amides is 1. The van der Waals surface area contributed by atoms with Crippen molar-refractivity contribution >= 4 is 11.6 Å². The van der Waals surface area contributed by atoms with Crippen LogP contribution in [0.3, 0.4) is 0 Å². The van der Waals surface area contributed by atoms with Crippen LogP contribution in [0, 0.1) is 11.6 Å². The number of rotatable bonds is 5. The Morgan fingerprint density at radius 3 is 2.25 bits per heavy atom. The van der Waals surface area contributed by atoms with Crippen LogP contribution in [0.15, 0.2) is 12.1 Å². The third kappa shape index (κ3) is 3.25. The molecule has 1 rings (SSSR count). The molecule has 0 aromatic heterocycles. The largest absolute Gasteiger partial charge is 0.394 e. The third-order valence-corrected chi connectivity index (χ3v) is 3.24. The van der Waals surface area contributed by atoms with E-state index in [0.29, 0.717) is 6.54 Å². The van der Waals surface area contributed by atoms with Gasteiger partial charge in [0.2, 0.25) is 0 Å². The highest BCUT2D eigenvalue weighted by Crippen LogP contribution is 2.23. The zero-order valence-corrected chi connectivity index (χ0v) is 12.1. The second-order valence-corrected chi connectivity index (χ2v) is 5.18. The molecule has 20 heavy (non-hydrogen) atoms. The number of carbonyl (C=O) groups is 1. The molecule has 2 N–H and O–H groups in total. The van der Waals surface area contributed by atoms with E-state index < -0.39 is 23.1 Å². The second kappa shape index (κ2) is 6.17. The fourth-order valence-corrected chi connectivity index (χ4v) is 1.62. The average Bonchev–Trinajstić information content (AvgIpc) is 2.40. The van der Waals surface area contributed by atoms with Gasteiger partial charge in [-0.05, 0) is 32.9 Å². The number of hydrogen-bond donors (Lipinski definition) is 2. The molecule has 0 atom stereocenters.